The molecule has 1 aliphatic rings. The summed E-state index contributed by atoms with van der Waals surface area (Å²) in [5.74, 6) is 0. The van der Waals surface area contributed by atoms with Crippen molar-refractivity contribution in [2.24, 2.45) is 0 Å². The Balaban J connectivity index is 2.13. The van der Waals surface area contributed by atoms with Crippen LogP contribution in [-0.2, 0) is 0 Å². The van der Waals surface area contributed by atoms with Gasteiger partial charge in [-0.1, -0.05) is 6.92 Å². The van der Waals surface area contributed by atoms with Crippen LogP contribution in [0.3, 0.4) is 0 Å². The van der Waals surface area contributed by atoms with Crippen LogP contribution in [0.2, 0.25) is 0 Å². The number of rotatable bonds is 2. The summed E-state index contributed by atoms with van der Waals surface area (Å²) < 4.78 is 0. The van der Waals surface area contributed by atoms with Crippen LogP contribution in [0.15, 0.2) is 0 Å². The molecule has 0 amide bonds. The first-order valence-corrected chi connectivity index (χ1v) is 3.99. The summed E-state index contributed by atoms with van der Waals surface area (Å²) in [6.07, 6.45) is 1.21. The van der Waals surface area contributed by atoms with E-state index in [1.807, 2.05) is 0 Å². The highest BCUT2D eigenvalue weighted by Crippen LogP contribution is 1.98. The number of hydrogen-bond acceptors (Lipinski definition) is 3. The van der Waals surface area contributed by atoms with Crippen molar-refractivity contribution in [2.45, 2.75) is 13.3 Å². The van der Waals surface area contributed by atoms with Gasteiger partial charge in [-0.05, 0) is 13.0 Å². The van der Waals surface area contributed by atoms with Gasteiger partial charge in [-0.2, -0.15) is 5.06 Å². The van der Waals surface area contributed by atoms with Gasteiger partial charge in [-0.15, -0.1) is 0 Å². The second kappa shape index (κ2) is 3.91. The minimum absolute atomic E-state index is 0.806. The van der Waals surface area contributed by atoms with E-state index in [0.29, 0.717) is 0 Å². The van der Waals surface area contributed by atoms with E-state index in [9.17, 15) is 0 Å². The van der Waals surface area contributed by atoms with Crippen LogP contribution in [0.5, 0.6) is 0 Å². The predicted molar refractivity (Wildman–Crippen MR) is 40.1 cm³/mol. The minimum Gasteiger partial charge on any atom is -0.314 e. The molecular weight excluding hydrogens is 128 g/mol. The Bertz CT molecular complexity index is 89.6. The Kier molecular flexibility index (Phi) is 3.12. The largest absolute Gasteiger partial charge is 0.314 e. The van der Waals surface area contributed by atoms with Crippen LogP contribution >= 0.6 is 0 Å². The maximum absolute atomic E-state index is 9.00. The summed E-state index contributed by atoms with van der Waals surface area (Å²) in [6.45, 7) is 7.01. The van der Waals surface area contributed by atoms with Gasteiger partial charge in [0.25, 0.3) is 0 Å². The normalized spacial score (nSPS) is 23.4. The fourth-order valence-electron chi connectivity index (χ4n) is 1.28. The van der Waals surface area contributed by atoms with E-state index in [-0.39, 0.29) is 0 Å². The molecule has 10 heavy (non-hydrogen) atoms. The Hall–Kier alpha value is -0.120. The van der Waals surface area contributed by atoms with Gasteiger partial charge in [0.2, 0.25) is 0 Å². The monoisotopic (exact) mass is 144 g/mol. The summed E-state index contributed by atoms with van der Waals surface area (Å²) >= 11 is 0. The van der Waals surface area contributed by atoms with Crippen LogP contribution in [-0.4, -0.2) is 47.9 Å². The molecule has 0 aromatic carbocycles. The molecule has 0 atom stereocenters. The van der Waals surface area contributed by atoms with Crippen LogP contribution in [0.25, 0.3) is 0 Å². The minimum atomic E-state index is 0.806. The third kappa shape index (κ3) is 2.25. The van der Waals surface area contributed by atoms with Crippen molar-refractivity contribution < 1.29 is 5.21 Å². The lowest BCUT2D eigenvalue weighted by molar-refractivity contribution is -0.117. The first-order valence-electron chi connectivity index (χ1n) is 3.99. The van der Waals surface area contributed by atoms with Crippen molar-refractivity contribution in [3.05, 3.63) is 0 Å². The Morgan fingerprint density at radius 3 is 2.30 bits per heavy atom. The van der Waals surface area contributed by atoms with Crippen molar-refractivity contribution >= 4 is 0 Å². The van der Waals surface area contributed by atoms with Crippen molar-refractivity contribution in [1.82, 2.24) is 9.96 Å². The molecule has 1 saturated heterocycles. The number of hydroxylamine groups is 2. The zero-order valence-electron chi connectivity index (χ0n) is 6.58. The van der Waals surface area contributed by atoms with Crippen molar-refractivity contribution in [2.75, 3.05) is 32.7 Å². The van der Waals surface area contributed by atoms with E-state index in [0.717, 1.165) is 26.2 Å². The average Bonchev–Trinajstić information content (AvgIpc) is 1.95. The molecule has 3 nitrogen and oxygen atoms in total. The van der Waals surface area contributed by atoms with Crippen molar-refractivity contribution in [3.63, 3.8) is 0 Å². The Morgan fingerprint density at radius 1 is 1.20 bits per heavy atom. The summed E-state index contributed by atoms with van der Waals surface area (Å²) in [5, 5.41) is 10.4. The molecule has 0 aromatic rings. The van der Waals surface area contributed by atoms with Gasteiger partial charge in [0.1, 0.15) is 0 Å². The maximum Gasteiger partial charge on any atom is 0.0366 e. The van der Waals surface area contributed by atoms with E-state index in [1.54, 1.807) is 0 Å². The average molecular weight is 144 g/mol. The lowest BCUT2D eigenvalue weighted by Crippen LogP contribution is -2.44. The highest BCUT2D eigenvalue weighted by Gasteiger charge is 2.12. The second-order valence-corrected chi connectivity index (χ2v) is 2.80. The lowest BCUT2D eigenvalue weighted by atomic mass is 10.3. The zero-order chi connectivity index (χ0) is 7.40. The molecular formula is C7H16N2O. The maximum atomic E-state index is 9.00. The molecule has 1 rings (SSSR count). The van der Waals surface area contributed by atoms with Crippen LogP contribution in [0.4, 0.5) is 0 Å². The fraction of sp³-hybridized carbons (Fsp3) is 1.00. The zero-order valence-corrected chi connectivity index (χ0v) is 6.58. The highest BCUT2D eigenvalue weighted by atomic mass is 16.5. The summed E-state index contributed by atoms with van der Waals surface area (Å²) in [4.78, 5) is 2.38. The Morgan fingerprint density at radius 2 is 1.80 bits per heavy atom. The van der Waals surface area contributed by atoms with E-state index in [2.05, 4.69) is 11.8 Å². The summed E-state index contributed by atoms with van der Waals surface area (Å²) in [5.41, 5.74) is 0. The van der Waals surface area contributed by atoms with Gasteiger partial charge in [-0.25, -0.2) is 0 Å². The molecule has 1 aliphatic heterocycles. The molecule has 0 spiro atoms. The molecule has 0 radical (unpaired) electrons. The first-order chi connectivity index (χ1) is 4.83. The number of piperazine rings is 1. The van der Waals surface area contributed by atoms with Gasteiger partial charge >= 0.3 is 0 Å². The highest BCUT2D eigenvalue weighted by molar-refractivity contribution is 4.65. The van der Waals surface area contributed by atoms with E-state index < -0.39 is 0 Å². The van der Waals surface area contributed by atoms with Crippen LogP contribution in [0, 0.1) is 0 Å². The number of hydrogen-bond donors (Lipinski definition) is 1. The molecule has 1 N–H and O–H groups in total. The molecule has 0 aliphatic carbocycles. The van der Waals surface area contributed by atoms with Crippen LogP contribution < -0.4 is 0 Å². The second-order valence-electron chi connectivity index (χ2n) is 2.80. The molecule has 1 heterocycles. The molecule has 60 valence electrons. The predicted octanol–water partition coefficient (Wildman–Crippen LogP) is 0.403. The Labute approximate surface area is 62.2 Å². The lowest BCUT2D eigenvalue weighted by Gasteiger charge is -2.30. The SMILES string of the molecule is CCCN1CCN(O)CC1. The van der Waals surface area contributed by atoms with E-state index in [4.69, 9.17) is 5.21 Å². The summed E-state index contributed by atoms with van der Waals surface area (Å²) in [6, 6.07) is 0. The van der Waals surface area contributed by atoms with Gasteiger partial charge in [-0.3, -0.25) is 0 Å². The molecule has 0 saturated carbocycles. The smallest absolute Gasteiger partial charge is 0.0366 e. The van der Waals surface area contributed by atoms with Gasteiger partial charge in [0.05, 0.1) is 0 Å². The topological polar surface area (TPSA) is 26.7 Å². The van der Waals surface area contributed by atoms with E-state index >= 15 is 0 Å². The first kappa shape index (κ1) is 7.98. The molecule has 3 heteroatoms. The molecule has 1 fully saturated rings. The third-order valence-corrected chi connectivity index (χ3v) is 1.89. The quantitative estimate of drug-likeness (QED) is 0.608. The third-order valence-electron chi connectivity index (χ3n) is 1.89. The molecule has 0 aromatic heterocycles. The number of nitrogens with zero attached hydrogens (tertiary/aromatic N) is 2. The van der Waals surface area contributed by atoms with Gasteiger partial charge < -0.3 is 10.1 Å². The molecule has 0 bridgehead atoms. The van der Waals surface area contributed by atoms with Gasteiger partial charge in [0, 0.05) is 26.2 Å². The summed E-state index contributed by atoms with van der Waals surface area (Å²) in [7, 11) is 0. The van der Waals surface area contributed by atoms with Gasteiger partial charge in [0.15, 0.2) is 0 Å². The van der Waals surface area contributed by atoms with E-state index in [1.165, 1.54) is 18.0 Å². The molecule has 0 unspecified atom stereocenters. The standard InChI is InChI=1S/C7H16N2O/c1-2-3-8-4-6-9(10)7-5-8/h10H,2-7H2,1H3. The van der Waals surface area contributed by atoms with Crippen molar-refractivity contribution in [3.8, 4) is 0 Å². The van der Waals surface area contributed by atoms with Crippen molar-refractivity contribution in [1.29, 1.82) is 0 Å². The van der Waals surface area contributed by atoms with Crippen LogP contribution in [0.1, 0.15) is 13.3 Å². The fourth-order valence-corrected chi connectivity index (χ4v) is 1.28.